The summed E-state index contributed by atoms with van der Waals surface area (Å²) in [5.41, 5.74) is 1.71. The summed E-state index contributed by atoms with van der Waals surface area (Å²) < 4.78 is 1.66. The minimum atomic E-state index is -0.454. The molecule has 1 N–H and O–H groups in total. The Balaban J connectivity index is 1.56. The van der Waals surface area contributed by atoms with Gasteiger partial charge in [-0.15, -0.1) is 5.10 Å². The van der Waals surface area contributed by atoms with Crippen LogP contribution in [0.2, 0.25) is 0 Å². The molecule has 1 aliphatic rings. The van der Waals surface area contributed by atoms with Gasteiger partial charge < -0.3 is 10.0 Å². The number of fused-ring (bicyclic) bond motifs is 1. The molecule has 7 nitrogen and oxygen atoms in total. The average Bonchev–Trinajstić information content (AvgIpc) is 3.10. The van der Waals surface area contributed by atoms with Gasteiger partial charge in [0.15, 0.2) is 0 Å². The Morgan fingerprint density at radius 2 is 1.86 bits per heavy atom. The molecular weight excluding hydrogens is 284 g/mol. The highest BCUT2D eigenvalue weighted by molar-refractivity contribution is 6.52. The Kier molecular flexibility index (Phi) is 3.97. The van der Waals surface area contributed by atoms with Crippen LogP contribution in [0.1, 0.15) is 28.9 Å². The predicted octanol–water partition coefficient (Wildman–Crippen LogP) is 0.780. The molecule has 114 valence electrons. The van der Waals surface area contributed by atoms with E-state index in [4.69, 9.17) is 5.11 Å². The number of hydrogen-bond donors (Lipinski definition) is 1. The van der Waals surface area contributed by atoms with Crippen molar-refractivity contribution in [1.82, 2.24) is 15.0 Å². The largest absolute Gasteiger partial charge is 0.390 e. The van der Waals surface area contributed by atoms with Crippen LogP contribution in [0.3, 0.4) is 0 Å². The van der Waals surface area contributed by atoms with Crippen molar-refractivity contribution in [3.05, 3.63) is 41.7 Å². The van der Waals surface area contributed by atoms with E-state index in [9.17, 15) is 9.59 Å². The molecule has 0 spiro atoms. The summed E-state index contributed by atoms with van der Waals surface area (Å²) in [6, 6.07) is 7.06. The van der Waals surface area contributed by atoms with Crippen molar-refractivity contribution in [2.45, 2.75) is 26.0 Å². The first-order valence-electron chi connectivity index (χ1n) is 7.16. The fourth-order valence-corrected chi connectivity index (χ4v) is 2.53. The molecule has 2 heterocycles. The smallest absolute Gasteiger partial charge is 0.299 e. The molecule has 0 saturated heterocycles. The summed E-state index contributed by atoms with van der Waals surface area (Å²) in [6.07, 6.45) is 3.25. The van der Waals surface area contributed by atoms with Crippen molar-refractivity contribution < 1.29 is 14.7 Å². The van der Waals surface area contributed by atoms with Crippen LogP contribution in [0, 0.1) is 0 Å². The molecule has 7 heteroatoms. The van der Waals surface area contributed by atoms with Gasteiger partial charge >= 0.3 is 0 Å². The number of carbonyl (C=O) groups is 2. The second-order valence-electron chi connectivity index (χ2n) is 5.14. The third-order valence-electron chi connectivity index (χ3n) is 3.65. The standard InChI is InChI=1S/C15H16N4O3/c20-10-11-9-18(17-16-11)7-3-4-8-19-13-6-2-1-5-12(13)14(21)15(19)22/h1-2,5-6,9,20H,3-4,7-8,10H2. The lowest BCUT2D eigenvalue weighted by atomic mass is 10.1. The zero-order chi connectivity index (χ0) is 15.5. The Morgan fingerprint density at radius 3 is 2.64 bits per heavy atom. The van der Waals surface area contributed by atoms with E-state index in [1.165, 1.54) is 4.90 Å². The molecule has 0 atom stereocenters. The van der Waals surface area contributed by atoms with Crippen LogP contribution in [0.25, 0.3) is 0 Å². The fraction of sp³-hybridized carbons (Fsp3) is 0.333. The molecule has 1 amide bonds. The predicted molar refractivity (Wildman–Crippen MR) is 78.3 cm³/mol. The number of para-hydroxylation sites is 1. The van der Waals surface area contributed by atoms with Gasteiger partial charge in [-0.1, -0.05) is 17.3 Å². The van der Waals surface area contributed by atoms with Crippen molar-refractivity contribution in [2.75, 3.05) is 11.4 Å². The van der Waals surface area contributed by atoms with Gasteiger partial charge in [-0.05, 0) is 25.0 Å². The average molecular weight is 300 g/mol. The molecule has 0 fully saturated rings. The molecule has 0 bridgehead atoms. The topological polar surface area (TPSA) is 88.3 Å². The second kappa shape index (κ2) is 6.07. The number of hydrogen-bond acceptors (Lipinski definition) is 5. The lowest BCUT2D eigenvalue weighted by Gasteiger charge is -2.16. The number of unbranched alkanes of at least 4 members (excludes halogenated alkanes) is 1. The van der Waals surface area contributed by atoms with E-state index in [-0.39, 0.29) is 6.61 Å². The Labute approximate surface area is 127 Å². The number of nitrogens with zero attached hydrogens (tertiary/aromatic N) is 4. The Hall–Kier alpha value is -2.54. The number of aliphatic hydroxyl groups is 1. The molecule has 1 aromatic heterocycles. The van der Waals surface area contributed by atoms with Gasteiger partial charge in [-0.25, -0.2) is 0 Å². The third kappa shape index (κ3) is 2.62. The molecule has 22 heavy (non-hydrogen) atoms. The van der Waals surface area contributed by atoms with Crippen molar-refractivity contribution >= 4 is 17.4 Å². The van der Waals surface area contributed by atoms with Crippen molar-refractivity contribution in [2.24, 2.45) is 0 Å². The SMILES string of the molecule is O=C1C(=O)N(CCCCn2cc(CO)nn2)c2ccccc21. The highest BCUT2D eigenvalue weighted by Crippen LogP contribution is 2.28. The molecule has 0 aliphatic carbocycles. The van der Waals surface area contributed by atoms with E-state index in [0.29, 0.717) is 30.0 Å². The number of aliphatic hydroxyl groups excluding tert-OH is 1. The molecule has 0 saturated carbocycles. The monoisotopic (exact) mass is 300 g/mol. The highest BCUT2D eigenvalue weighted by Gasteiger charge is 2.34. The molecule has 0 radical (unpaired) electrons. The van der Waals surface area contributed by atoms with Crippen LogP contribution < -0.4 is 4.90 Å². The van der Waals surface area contributed by atoms with Gasteiger partial charge in [-0.2, -0.15) is 0 Å². The minimum Gasteiger partial charge on any atom is -0.390 e. The van der Waals surface area contributed by atoms with Crippen LogP contribution in [-0.4, -0.2) is 38.3 Å². The number of carbonyl (C=O) groups excluding carboxylic acids is 2. The molecular formula is C15H16N4O3. The van der Waals surface area contributed by atoms with E-state index in [2.05, 4.69) is 10.3 Å². The molecule has 0 unspecified atom stereocenters. The number of aryl methyl sites for hydroxylation is 1. The second-order valence-corrected chi connectivity index (χ2v) is 5.14. The van der Waals surface area contributed by atoms with E-state index in [1.807, 2.05) is 6.07 Å². The van der Waals surface area contributed by atoms with Crippen molar-refractivity contribution in [1.29, 1.82) is 0 Å². The summed E-state index contributed by atoms with van der Waals surface area (Å²) in [4.78, 5) is 25.4. The van der Waals surface area contributed by atoms with Crippen molar-refractivity contribution in [3.8, 4) is 0 Å². The third-order valence-corrected chi connectivity index (χ3v) is 3.65. The van der Waals surface area contributed by atoms with Gasteiger partial charge in [0.1, 0.15) is 5.69 Å². The molecule has 1 aliphatic heterocycles. The van der Waals surface area contributed by atoms with E-state index >= 15 is 0 Å². The first-order valence-corrected chi connectivity index (χ1v) is 7.16. The summed E-state index contributed by atoms with van der Waals surface area (Å²) in [6.45, 7) is 1.04. The van der Waals surface area contributed by atoms with Gasteiger partial charge in [0.2, 0.25) is 0 Å². The van der Waals surface area contributed by atoms with Crippen LogP contribution in [0.4, 0.5) is 5.69 Å². The number of Topliss-reactive ketones (excluding diaryl/α,β-unsaturated/α-hetero) is 1. The van der Waals surface area contributed by atoms with Gasteiger partial charge in [-0.3, -0.25) is 14.3 Å². The quantitative estimate of drug-likeness (QED) is 0.629. The zero-order valence-electron chi connectivity index (χ0n) is 12.0. The number of ketones is 1. The first-order chi connectivity index (χ1) is 10.7. The van der Waals surface area contributed by atoms with Crippen molar-refractivity contribution in [3.63, 3.8) is 0 Å². The number of amides is 1. The first kappa shape index (κ1) is 14.4. The number of benzene rings is 1. The van der Waals surface area contributed by atoms with Gasteiger partial charge in [0, 0.05) is 13.1 Å². The van der Waals surface area contributed by atoms with Gasteiger partial charge in [0.05, 0.1) is 24.1 Å². The van der Waals surface area contributed by atoms with E-state index in [0.717, 1.165) is 12.8 Å². The zero-order valence-corrected chi connectivity index (χ0v) is 12.0. The summed E-state index contributed by atoms with van der Waals surface area (Å²) >= 11 is 0. The Morgan fingerprint density at radius 1 is 1.09 bits per heavy atom. The molecule has 3 rings (SSSR count). The van der Waals surface area contributed by atoms with E-state index in [1.54, 1.807) is 29.1 Å². The highest BCUT2D eigenvalue weighted by atomic mass is 16.3. The van der Waals surface area contributed by atoms with Crippen LogP contribution in [-0.2, 0) is 17.9 Å². The number of aromatic nitrogens is 3. The van der Waals surface area contributed by atoms with Crippen LogP contribution in [0.15, 0.2) is 30.5 Å². The molecule has 1 aromatic carbocycles. The number of rotatable bonds is 6. The van der Waals surface area contributed by atoms with Crippen LogP contribution in [0.5, 0.6) is 0 Å². The number of anilines is 1. The van der Waals surface area contributed by atoms with Gasteiger partial charge in [0.25, 0.3) is 11.7 Å². The molecule has 2 aromatic rings. The minimum absolute atomic E-state index is 0.124. The summed E-state index contributed by atoms with van der Waals surface area (Å²) in [5, 5.41) is 16.6. The van der Waals surface area contributed by atoms with E-state index < -0.39 is 11.7 Å². The summed E-state index contributed by atoms with van der Waals surface area (Å²) in [7, 11) is 0. The maximum absolute atomic E-state index is 12.0. The summed E-state index contributed by atoms with van der Waals surface area (Å²) in [5.74, 6) is -0.885. The maximum Gasteiger partial charge on any atom is 0.299 e. The fourth-order valence-electron chi connectivity index (χ4n) is 2.53. The maximum atomic E-state index is 12.0. The normalized spacial score (nSPS) is 13.8. The lowest BCUT2D eigenvalue weighted by molar-refractivity contribution is -0.114. The lowest BCUT2D eigenvalue weighted by Crippen LogP contribution is -2.30. The van der Waals surface area contributed by atoms with Crippen LogP contribution >= 0.6 is 0 Å². The Bertz CT molecular complexity index is 710.